The van der Waals surface area contributed by atoms with Gasteiger partial charge in [0.05, 0.1) is 17.7 Å². The molecule has 144 valence electrons. The lowest BCUT2D eigenvalue weighted by Gasteiger charge is -2.27. The molecule has 2 atom stereocenters. The monoisotopic (exact) mass is 398 g/mol. The van der Waals surface area contributed by atoms with Crippen LogP contribution in [0.1, 0.15) is 30.0 Å². The van der Waals surface area contributed by atoms with Gasteiger partial charge in [-0.15, -0.1) is 0 Å². The molecule has 2 aliphatic heterocycles. The smallest absolute Gasteiger partial charge is 0.295 e. The van der Waals surface area contributed by atoms with Gasteiger partial charge in [0.1, 0.15) is 5.76 Å². The van der Waals surface area contributed by atoms with E-state index >= 15 is 0 Å². The molecule has 0 bridgehead atoms. The number of ketones is 1. The number of pyridine rings is 1. The van der Waals surface area contributed by atoms with Crippen LogP contribution in [0.2, 0.25) is 5.02 Å². The van der Waals surface area contributed by atoms with E-state index < -0.39 is 17.7 Å². The maximum absolute atomic E-state index is 12.9. The Kier molecular flexibility index (Phi) is 5.15. The summed E-state index contributed by atoms with van der Waals surface area (Å²) in [7, 11) is 0. The maximum atomic E-state index is 12.9. The van der Waals surface area contributed by atoms with Gasteiger partial charge in [-0.3, -0.25) is 14.6 Å². The van der Waals surface area contributed by atoms with E-state index in [1.165, 1.54) is 4.90 Å². The van der Waals surface area contributed by atoms with Crippen molar-refractivity contribution in [2.45, 2.75) is 25.0 Å². The van der Waals surface area contributed by atoms with Gasteiger partial charge < -0.3 is 14.7 Å². The number of amides is 1. The van der Waals surface area contributed by atoms with Crippen LogP contribution in [0.5, 0.6) is 0 Å². The second kappa shape index (κ2) is 7.73. The van der Waals surface area contributed by atoms with E-state index in [1.807, 2.05) is 0 Å². The highest BCUT2D eigenvalue weighted by Gasteiger charge is 2.47. The number of carbonyl (C=O) groups is 2. The van der Waals surface area contributed by atoms with Crippen molar-refractivity contribution >= 4 is 29.1 Å². The van der Waals surface area contributed by atoms with Gasteiger partial charge in [-0.25, -0.2) is 0 Å². The Bertz CT molecular complexity index is 921. The summed E-state index contributed by atoms with van der Waals surface area (Å²) in [5, 5.41) is 11.4. The molecule has 3 heterocycles. The van der Waals surface area contributed by atoms with Gasteiger partial charge in [0.25, 0.3) is 11.7 Å². The first-order valence-electron chi connectivity index (χ1n) is 9.12. The van der Waals surface area contributed by atoms with Crippen LogP contribution in [-0.2, 0) is 14.3 Å². The second-order valence-corrected chi connectivity index (χ2v) is 7.32. The summed E-state index contributed by atoms with van der Waals surface area (Å²) < 4.78 is 5.66. The highest BCUT2D eigenvalue weighted by atomic mass is 35.5. The molecule has 2 aliphatic rings. The van der Waals surface area contributed by atoms with Crippen LogP contribution in [0, 0.1) is 0 Å². The average Bonchev–Trinajstić information content (AvgIpc) is 3.31. The van der Waals surface area contributed by atoms with Gasteiger partial charge in [0.15, 0.2) is 0 Å². The van der Waals surface area contributed by atoms with Crippen LogP contribution in [0.15, 0.2) is 54.4 Å². The SMILES string of the molecule is O=C1C(=O)N(CC2CCCO2)C(c2cccnc2)/C1=C(\O)c1ccc(Cl)cc1. The largest absolute Gasteiger partial charge is 0.507 e. The molecule has 4 rings (SSSR count). The lowest BCUT2D eigenvalue weighted by atomic mass is 9.96. The highest BCUT2D eigenvalue weighted by Crippen LogP contribution is 2.39. The fraction of sp³-hybridized carbons (Fsp3) is 0.286. The summed E-state index contributed by atoms with van der Waals surface area (Å²) >= 11 is 5.92. The zero-order valence-corrected chi connectivity index (χ0v) is 15.8. The number of hydrogen-bond acceptors (Lipinski definition) is 5. The first-order chi connectivity index (χ1) is 13.6. The molecule has 2 aromatic rings. The predicted octanol–water partition coefficient (Wildman–Crippen LogP) is 3.34. The lowest BCUT2D eigenvalue weighted by Crippen LogP contribution is -2.36. The predicted molar refractivity (Wildman–Crippen MR) is 104 cm³/mol. The zero-order chi connectivity index (χ0) is 19.7. The molecular formula is C21H19ClN2O4. The van der Waals surface area contributed by atoms with Crippen molar-refractivity contribution < 1.29 is 19.4 Å². The number of nitrogens with zero attached hydrogens (tertiary/aromatic N) is 2. The van der Waals surface area contributed by atoms with Crippen molar-refractivity contribution in [3.63, 3.8) is 0 Å². The van der Waals surface area contributed by atoms with Crippen molar-refractivity contribution in [2.75, 3.05) is 13.2 Å². The van der Waals surface area contributed by atoms with Gasteiger partial charge in [-0.2, -0.15) is 0 Å². The van der Waals surface area contributed by atoms with E-state index in [4.69, 9.17) is 16.3 Å². The molecular weight excluding hydrogens is 380 g/mol. The van der Waals surface area contributed by atoms with Gasteiger partial charge in [-0.1, -0.05) is 17.7 Å². The Morgan fingerprint density at radius 1 is 1.25 bits per heavy atom. The van der Waals surface area contributed by atoms with Gasteiger partial charge in [0, 0.05) is 36.1 Å². The summed E-state index contributed by atoms with van der Waals surface area (Å²) in [5.41, 5.74) is 1.14. The Labute approximate surface area is 167 Å². The number of Topliss-reactive ketones (excluding diaryl/α,β-unsaturated/α-hetero) is 1. The number of aliphatic hydroxyl groups excluding tert-OH is 1. The topological polar surface area (TPSA) is 79.7 Å². The minimum atomic E-state index is -0.714. The Hall–Kier alpha value is -2.70. The number of aromatic nitrogens is 1. The van der Waals surface area contributed by atoms with Gasteiger partial charge >= 0.3 is 0 Å². The van der Waals surface area contributed by atoms with Crippen LogP contribution < -0.4 is 0 Å². The molecule has 7 heteroatoms. The van der Waals surface area contributed by atoms with E-state index in [-0.39, 0.29) is 17.4 Å². The first kappa shape index (κ1) is 18.7. The number of hydrogen-bond donors (Lipinski definition) is 1. The van der Waals surface area contributed by atoms with Gasteiger partial charge in [0.2, 0.25) is 0 Å². The van der Waals surface area contributed by atoms with Crippen LogP contribution in [0.25, 0.3) is 5.76 Å². The normalized spacial score (nSPS) is 24.1. The van der Waals surface area contributed by atoms with E-state index in [1.54, 1.807) is 48.8 Å². The molecule has 0 spiro atoms. The maximum Gasteiger partial charge on any atom is 0.295 e. The first-order valence-corrected chi connectivity index (χ1v) is 9.50. The molecule has 1 amide bonds. The van der Waals surface area contributed by atoms with E-state index in [0.717, 1.165) is 12.8 Å². The minimum Gasteiger partial charge on any atom is -0.507 e. The molecule has 1 N–H and O–H groups in total. The molecule has 2 unspecified atom stereocenters. The number of likely N-dealkylation sites (tertiary alicyclic amines) is 1. The molecule has 0 radical (unpaired) electrons. The fourth-order valence-corrected chi connectivity index (χ4v) is 3.85. The van der Waals surface area contributed by atoms with Crippen molar-refractivity contribution in [3.05, 3.63) is 70.5 Å². The number of ether oxygens (including phenoxy) is 1. The summed E-state index contributed by atoms with van der Waals surface area (Å²) in [5.74, 6) is -1.57. The van der Waals surface area contributed by atoms with Gasteiger partial charge in [-0.05, 0) is 48.7 Å². The minimum absolute atomic E-state index is 0.0540. The summed E-state index contributed by atoms with van der Waals surface area (Å²) in [6, 6.07) is 9.30. The van der Waals surface area contributed by atoms with Crippen molar-refractivity contribution in [3.8, 4) is 0 Å². The van der Waals surface area contributed by atoms with E-state index in [0.29, 0.717) is 29.3 Å². The van der Waals surface area contributed by atoms with Crippen molar-refractivity contribution in [1.29, 1.82) is 0 Å². The lowest BCUT2D eigenvalue weighted by molar-refractivity contribution is -0.140. The number of rotatable bonds is 4. The average molecular weight is 399 g/mol. The molecule has 1 aromatic carbocycles. The summed E-state index contributed by atoms with van der Waals surface area (Å²) in [6.07, 6.45) is 4.87. The van der Waals surface area contributed by atoms with E-state index in [9.17, 15) is 14.7 Å². The fourth-order valence-electron chi connectivity index (χ4n) is 3.72. The van der Waals surface area contributed by atoms with Crippen molar-refractivity contribution in [1.82, 2.24) is 9.88 Å². The van der Waals surface area contributed by atoms with Crippen LogP contribution in [-0.4, -0.2) is 45.9 Å². The zero-order valence-electron chi connectivity index (χ0n) is 15.0. The molecule has 28 heavy (non-hydrogen) atoms. The quantitative estimate of drug-likeness (QED) is 0.485. The number of carbonyl (C=O) groups excluding carboxylic acids is 2. The van der Waals surface area contributed by atoms with Crippen LogP contribution in [0.3, 0.4) is 0 Å². The van der Waals surface area contributed by atoms with Crippen molar-refractivity contribution in [2.24, 2.45) is 0 Å². The van der Waals surface area contributed by atoms with E-state index in [2.05, 4.69) is 4.98 Å². The number of halogens is 1. The Morgan fingerprint density at radius 2 is 2.04 bits per heavy atom. The summed E-state index contributed by atoms with van der Waals surface area (Å²) in [4.78, 5) is 31.3. The number of benzene rings is 1. The third kappa shape index (κ3) is 3.41. The molecule has 6 nitrogen and oxygen atoms in total. The van der Waals surface area contributed by atoms with Crippen LogP contribution >= 0.6 is 11.6 Å². The standard InChI is InChI=1S/C21H19ClN2O4/c22-15-7-5-13(6-8-15)19(25)17-18(14-3-1-9-23-11-14)24(21(27)20(17)26)12-16-4-2-10-28-16/h1,3,5-9,11,16,18,25H,2,4,10,12H2/b19-17+. The third-order valence-electron chi connectivity index (χ3n) is 5.08. The van der Waals surface area contributed by atoms with Crippen LogP contribution in [0.4, 0.5) is 0 Å². The molecule has 1 aromatic heterocycles. The Balaban J connectivity index is 1.80. The molecule has 2 saturated heterocycles. The third-order valence-corrected chi connectivity index (χ3v) is 5.33. The molecule has 0 saturated carbocycles. The Morgan fingerprint density at radius 3 is 2.68 bits per heavy atom. The molecule has 0 aliphatic carbocycles. The highest BCUT2D eigenvalue weighted by molar-refractivity contribution is 6.46. The molecule has 2 fully saturated rings. The number of aliphatic hydroxyl groups is 1. The second-order valence-electron chi connectivity index (χ2n) is 6.88. The summed E-state index contributed by atoms with van der Waals surface area (Å²) in [6.45, 7) is 0.943.